The SMILES string of the molecule is CSCCC(CN)N1CCN(C(C)(C)C)CC1. The number of rotatable bonds is 5. The Morgan fingerprint density at radius 1 is 1.18 bits per heavy atom. The van der Waals surface area contributed by atoms with E-state index in [-0.39, 0.29) is 0 Å². The molecule has 1 unspecified atom stereocenters. The van der Waals surface area contributed by atoms with Gasteiger partial charge < -0.3 is 5.73 Å². The molecule has 1 fully saturated rings. The Hall–Kier alpha value is 0.230. The van der Waals surface area contributed by atoms with Crippen molar-refractivity contribution in [3.05, 3.63) is 0 Å². The Balaban J connectivity index is 2.39. The van der Waals surface area contributed by atoms with Crippen molar-refractivity contribution in [3.8, 4) is 0 Å². The topological polar surface area (TPSA) is 32.5 Å². The molecular formula is C13H29N3S. The number of thioether (sulfide) groups is 1. The molecule has 1 rings (SSSR count). The van der Waals surface area contributed by atoms with E-state index in [4.69, 9.17) is 5.73 Å². The summed E-state index contributed by atoms with van der Waals surface area (Å²) in [4.78, 5) is 5.16. The molecule has 17 heavy (non-hydrogen) atoms. The van der Waals surface area contributed by atoms with E-state index in [1.807, 2.05) is 11.8 Å². The fourth-order valence-electron chi connectivity index (χ4n) is 2.46. The van der Waals surface area contributed by atoms with Gasteiger partial charge in [-0.1, -0.05) is 0 Å². The maximum atomic E-state index is 5.90. The first-order valence-electron chi connectivity index (χ1n) is 6.67. The molecule has 102 valence electrons. The zero-order valence-corrected chi connectivity index (χ0v) is 12.7. The number of hydrogen-bond acceptors (Lipinski definition) is 4. The fourth-order valence-corrected chi connectivity index (χ4v) is 2.97. The zero-order valence-electron chi connectivity index (χ0n) is 11.9. The predicted molar refractivity (Wildman–Crippen MR) is 78.7 cm³/mol. The molecule has 0 amide bonds. The number of piperazine rings is 1. The summed E-state index contributed by atoms with van der Waals surface area (Å²) in [6, 6.07) is 0.588. The van der Waals surface area contributed by atoms with Crippen LogP contribution in [0.2, 0.25) is 0 Å². The van der Waals surface area contributed by atoms with Crippen molar-refractivity contribution < 1.29 is 0 Å². The molecular weight excluding hydrogens is 230 g/mol. The average molecular weight is 259 g/mol. The van der Waals surface area contributed by atoms with Gasteiger partial charge in [0.15, 0.2) is 0 Å². The van der Waals surface area contributed by atoms with Gasteiger partial charge >= 0.3 is 0 Å². The summed E-state index contributed by atoms with van der Waals surface area (Å²) < 4.78 is 0. The fraction of sp³-hybridized carbons (Fsp3) is 1.00. The van der Waals surface area contributed by atoms with Gasteiger partial charge in [-0.25, -0.2) is 0 Å². The number of hydrogen-bond donors (Lipinski definition) is 1. The normalized spacial score (nSPS) is 21.7. The highest BCUT2D eigenvalue weighted by Crippen LogP contribution is 2.18. The van der Waals surface area contributed by atoms with Gasteiger partial charge in [-0.15, -0.1) is 0 Å². The Bertz CT molecular complexity index is 207. The van der Waals surface area contributed by atoms with E-state index >= 15 is 0 Å². The largest absolute Gasteiger partial charge is 0.329 e. The standard InChI is InChI=1S/C13H29N3S/c1-13(2,3)16-8-6-15(7-9-16)12(11-14)5-10-17-4/h12H,5-11,14H2,1-4H3. The van der Waals surface area contributed by atoms with Crippen LogP contribution in [0.5, 0.6) is 0 Å². The van der Waals surface area contributed by atoms with Gasteiger partial charge in [0.1, 0.15) is 0 Å². The Morgan fingerprint density at radius 2 is 1.76 bits per heavy atom. The van der Waals surface area contributed by atoms with Crippen LogP contribution in [0.3, 0.4) is 0 Å². The van der Waals surface area contributed by atoms with Crippen molar-refractivity contribution in [2.24, 2.45) is 5.73 Å². The van der Waals surface area contributed by atoms with Gasteiger partial charge in [-0.05, 0) is 39.2 Å². The van der Waals surface area contributed by atoms with Crippen molar-refractivity contribution in [2.45, 2.75) is 38.8 Å². The molecule has 0 bridgehead atoms. The van der Waals surface area contributed by atoms with Gasteiger partial charge in [0, 0.05) is 44.3 Å². The van der Waals surface area contributed by atoms with Crippen LogP contribution in [-0.4, -0.2) is 66.1 Å². The molecule has 1 heterocycles. The average Bonchev–Trinajstić information content (AvgIpc) is 2.29. The quantitative estimate of drug-likeness (QED) is 0.811. The molecule has 0 aromatic rings. The maximum absolute atomic E-state index is 5.90. The van der Waals surface area contributed by atoms with E-state index in [2.05, 4.69) is 36.8 Å². The van der Waals surface area contributed by atoms with Crippen LogP contribution in [0, 0.1) is 0 Å². The lowest BCUT2D eigenvalue weighted by Crippen LogP contribution is -2.56. The van der Waals surface area contributed by atoms with Crippen LogP contribution in [0.15, 0.2) is 0 Å². The molecule has 1 atom stereocenters. The van der Waals surface area contributed by atoms with Gasteiger partial charge in [0.25, 0.3) is 0 Å². The summed E-state index contributed by atoms with van der Waals surface area (Å²) >= 11 is 1.92. The monoisotopic (exact) mass is 259 g/mol. The summed E-state index contributed by atoms with van der Waals surface area (Å²) in [7, 11) is 0. The minimum atomic E-state index is 0.309. The Morgan fingerprint density at radius 3 is 2.18 bits per heavy atom. The van der Waals surface area contributed by atoms with Crippen molar-refractivity contribution in [1.82, 2.24) is 9.80 Å². The summed E-state index contributed by atoms with van der Waals surface area (Å²) in [5.41, 5.74) is 6.21. The molecule has 0 spiro atoms. The van der Waals surface area contributed by atoms with E-state index < -0.39 is 0 Å². The first-order valence-corrected chi connectivity index (χ1v) is 8.06. The molecule has 0 saturated carbocycles. The summed E-state index contributed by atoms with van der Waals surface area (Å²) in [6.45, 7) is 12.4. The summed E-state index contributed by atoms with van der Waals surface area (Å²) in [5, 5.41) is 0. The lowest BCUT2D eigenvalue weighted by atomic mass is 10.0. The molecule has 3 nitrogen and oxygen atoms in total. The first kappa shape index (κ1) is 15.3. The van der Waals surface area contributed by atoms with Gasteiger partial charge in [-0.3, -0.25) is 9.80 Å². The molecule has 0 aromatic carbocycles. The van der Waals surface area contributed by atoms with Crippen molar-refractivity contribution >= 4 is 11.8 Å². The molecule has 1 saturated heterocycles. The third-order valence-electron chi connectivity index (χ3n) is 3.71. The minimum Gasteiger partial charge on any atom is -0.329 e. The third kappa shape index (κ3) is 4.78. The van der Waals surface area contributed by atoms with E-state index in [1.54, 1.807) is 0 Å². The van der Waals surface area contributed by atoms with Gasteiger partial charge in [-0.2, -0.15) is 11.8 Å². The van der Waals surface area contributed by atoms with E-state index in [1.165, 1.54) is 38.4 Å². The highest BCUT2D eigenvalue weighted by Gasteiger charge is 2.28. The molecule has 0 aromatic heterocycles. The number of nitrogens with two attached hydrogens (primary N) is 1. The Kier molecular flexibility index (Phi) is 6.27. The van der Waals surface area contributed by atoms with E-state index in [0.717, 1.165) is 6.54 Å². The van der Waals surface area contributed by atoms with Crippen LogP contribution < -0.4 is 5.73 Å². The second-order valence-electron chi connectivity index (χ2n) is 5.86. The second-order valence-corrected chi connectivity index (χ2v) is 6.85. The van der Waals surface area contributed by atoms with Gasteiger partial charge in [0.2, 0.25) is 0 Å². The van der Waals surface area contributed by atoms with Crippen molar-refractivity contribution in [2.75, 3.05) is 44.7 Å². The smallest absolute Gasteiger partial charge is 0.0227 e. The molecule has 2 N–H and O–H groups in total. The lowest BCUT2D eigenvalue weighted by Gasteiger charge is -2.44. The van der Waals surface area contributed by atoms with Crippen molar-refractivity contribution in [1.29, 1.82) is 0 Å². The first-order chi connectivity index (χ1) is 7.99. The molecule has 1 aliphatic rings. The predicted octanol–water partition coefficient (Wildman–Crippen LogP) is 1.48. The van der Waals surface area contributed by atoms with Crippen LogP contribution >= 0.6 is 11.8 Å². The minimum absolute atomic E-state index is 0.309. The highest BCUT2D eigenvalue weighted by atomic mass is 32.2. The molecule has 0 aliphatic carbocycles. The second kappa shape index (κ2) is 6.98. The lowest BCUT2D eigenvalue weighted by molar-refractivity contribution is 0.0431. The van der Waals surface area contributed by atoms with Crippen molar-refractivity contribution in [3.63, 3.8) is 0 Å². The zero-order chi connectivity index (χ0) is 12.9. The summed E-state index contributed by atoms with van der Waals surface area (Å²) in [5.74, 6) is 1.22. The Labute approximate surface area is 111 Å². The maximum Gasteiger partial charge on any atom is 0.0227 e. The van der Waals surface area contributed by atoms with E-state index in [0.29, 0.717) is 11.6 Å². The van der Waals surface area contributed by atoms with Crippen LogP contribution in [0.4, 0.5) is 0 Å². The van der Waals surface area contributed by atoms with Crippen LogP contribution in [-0.2, 0) is 0 Å². The van der Waals surface area contributed by atoms with Crippen LogP contribution in [0.1, 0.15) is 27.2 Å². The third-order valence-corrected chi connectivity index (χ3v) is 4.35. The van der Waals surface area contributed by atoms with E-state index in [9.17, 15) is 0 Å². The summed E-state index contributed by atoms with van der Waals surface area (Å²) in [6.07, 6.45) is 3.40. The number of nitrogens with zero attached hydrogens (tertiary/aromatic N) is 2. The molecule has 4 heteroatoms. The molecule has 0 radical (unpaired) electrons. The molecule has 1 aliphatic heterocycles. The van der Waals surface area contributed by atoms with Crippen LogP contribution in [0.25, 0.3) is 0 Å². The highest BCUT2D eigenvalue weighted by molar-refractivity contribution is 7.98. The van der Waals surface area contributed by atoms with Gasteiger partial charge in [0.05, 0.1) is 0 Å².